The second kappa shape index (κ2) is 6.40. The molecule has 19 heavy (non-hydrogen) atoms. The van der Waals surface area contributed by atoms with E-state index < -0.39 is 0 Å². The van der Waals surface area contributed by atoms with E-state index in [4.69, 9.17) is 15.2 Å². The highest BCUT2D eigenvalue weighted by Gasteiger charge is 2.21. The predicted molar refractivity (Wildman–Crippen MR) is 77.6 cm³/mol. The van der Waals surface area contributed by atoms with Crippen molar-refractivity contribution in [3.8, 4) is 5.75 Å². The topological polar surface area (TPSA) is 44.5 Å². The molecule has 0 amide bonds. The SMILES string of the molecule is COc1c(C(N)CC2CCCCO2)ccc(C)c1C. The maximum Gasteiger partial charge on any atom is 0.126 e. The van der Waals surface area contributed by atoms with E-state index >= 15 is 0 Å². The van der Waals surface area contributed by atoms with Gasteiger partial charge < -0.3 is 15.2 Å². The van der Waals surface area contributed by atoms with E-state index in [1.165, 1.54) is 24.0 Å². The van der Waals surface area contributed by atoms with Crippen LogP contribution in [0.3, 0.4) is 0 Å². The molecule has 1 aliphatic heterocycles. The van der Waals surface area contributed by atoms with Crippen LogP contribution in [-0.2, 0) is 4.74 Å². The summed E-state index contributed by atoms with van der Waals surface area (Å²) in [6.45, 7) is 5.06. The summed E-state index contributed by atoms with van der Waals surface area (Å²) >= 11 is 0. The van der Waals surface area contributed by atoms with Crippen LogP contribution < -0.4 is 10.5 Å². The largest absolute Gasteiger partial charge is 0.496 e. The Hall–Kier alpha value is -1.06. The van der Waals surface area contributed by atoms with E-state index in [1.54, 1.807) is 7.11 Å². The first-order chi connectivity index (χ1) is 9.13. The molecule has 1 aromatic rings. The molecule has 2 rings (SSSR count). The van der Waals surface area contributed by atoms with Crippen LogP contribution in [0.1, 0.15) is 48.4 Å². The molecule has 1 fully saturated rings. The van der Waals surface area contributed by atoms with Gasteiger partial charge in [-0.1, -0.05) is 12.1 Å². The predicted octanol–water partition coefficient (Wildman–Crippen LogP) is 3.27. The second-order valence-corrected chi connectivity index (χ2v) is 5.46. The van der Waals surface area contributed by atoms with Crippen LogP contribution in [0.25, 0.3) is 0 Å². The third-order valence-electron chi connectivity index (χ3n) is 4.10. The van der Waals surface area contributed by atoms with Gasteiger partial charge in [0.2, 0.25) is 0 Å². The number of methoxy groups -OCH3 is 1. The Balaban J connectivity index is 2.13. The zero-order chi connectivity index (χ0) is 13.8. The average Bonchev–Trinajstić information content (AvgIpc) is 2.42. The van der Waals surface area contributed by atoms with Gasteiger partial charge >= 0.3 is 0 Å². The van der Waals surface area contributed by atoms with Gasteiger partial charge in [-0.25, -0.2) is 0 Å². The Morgan fingerprint density at radius 2 is 2.16 bits per heavy atom. The normalized spacial score (nSPS) is 21.2. The summed E-state index contributed by atoms with van der Waals surface area (Å²) in [6.07, 6.45) is 4.73. The molecule has 2 atom stereocenters. The molecule has 0 radical (unpaired) electrons. The summed E-state index contributed by atoms with van der Waals surface area (Å²) in [4.78, 5) is 0. The molecule has 1 aliphatic rings. The van der Waals surface area contributed by atoms with Crippen LogP contribution in [0.15, 0.2) is 12.1 Å². The average molecular weight is 263 g/mol. The van der Waals surface area contributed by atoms with Crippen molar-refractivity contribution in [2.24, 2.45) is 5.73 Å². The van der Waals surface area contributed by atoms with Crippen molar-refractivity contribution in [3.63, 3.8) is 0 Å². The van der Waals surface area contributed by atoms with Gasteiger partial charge in [-0.05, 0) is 50.7 Å². The highest BCUT2D eigenvalue weighted by atomic mass is 16.5. The lowest BCUT2D eigenvalue weighted by atomic mass is 9.94. The maximum absolute atomic E-state index is 6.36. The van der Waals surface area contributed by atoms with Gasteiger partial charge in [0.05, 0.1) is 13.2 Å². The standard InChI is InChI=1S/C16H25NO2/c1-11-7-8-14(16(18-3)12(11)2)15(17)10-13-6-4-5-9-19-13/h7-8,13,15H,4-6,9-10,17H2,1-3H3. The molecule has 0 spiro atoms. The number of benzene rings is 1. The van der Waals surface area contributed by atoms with Crippen molar-refractivity contribution in [1.29, 1.82) is 0 Å². The number of hydrogen-bond acceptors (Lipinski definition) is 3. The number of nitrogens with two attached hydrogens (primary N) is 1. The van der Waals surface area contributed by atoms with Crippen LogP contribution in [-0.4, -0.2) is 19.8 Å². The van der Waals surface area contributed by atoms with E-state index in [-0.39, 0.29) is 6.04 Å². The van der Waals surface area contributed by atoms with E-state index in [0.29, 0.717) is 6.10 Å². The third-order valence-corrected chi connectivity index (χ3v) is 4.10. The molecule has 0 saturated carbocycles. The summed E-state index contributed by atoms with van der Waals surface area (Å²) in [6, 6.07) is 4.20. The Kier molecular flexibility index (Phi) is 4.83. The lowest BCUT2D eigenvalue weighted by Crippen LogP contribution is -2.25. The Bertz CT molecular complexity index is 425. The minimum absolute atomic E-state index is 0.0163. The van der Waals surface area contributed by atoms with Gasteiger partial charge in [0.15, 0.2) is 0 Å². The Labute approximate surface area is 116 Å². The molecule has 1 heterocycles. The summed E-state index contributed by atoms with van der Waals surface area (Å²) in [5.74, 6) is 0.934. The van der Waals surface area contributed by atoms with E-state index in [0.717, 1.165) is 30.8 Å². The van der Waals surface area contributed by atoms with Crippen molar-refractivity contribution in [1.82, 2.24) is 0 Å². The molecule has 0 aliphatic carbocycles. The molecule has 3 nitrogen and oxygen atoms in total. The molecule has 1 aromatic carbocycles. The Morgan fingerprint density at radius 3 is 2.79 bits per heavy atom. The molecule has 106 valence electrons. The minimum Gasteiger partial charge on any atom is -0.496 e. The highest BCUT2D eigenvalue weighted by molar-refractivity contribution is 5.46. The second-order valence-electron chi connectivity index (χ2n) is 5.46. The van der Waals surface area contributed by atoms with Crippen LogP contribution in [0.5, 0.6) is 5.75 Å². The first kappa shape index (κ1) is 14.4. The lowest BCUT2D eigenvalue weighted by Gasteiger charge is -2.26. The van der Waals surface area contributed by atoms with Crippen molar-refractivity contribution in [2.75, 3.05) is 13.7 Å². The fraction of sp³-hybridized carbons (Fsp3) is 0.625. The molecular formula is C16H25NO2. The summed E-state index contributed by atoms with van der Waals surface area (Å²) in [5.41, 5.74) is 9.88. The van der Waals surface area contributed by atoms with Gasteiger partial charge in [0.25, 0.3) is 0 Å². The number of aryl methyl sites for hydroxylation is 1. The molecule has 3 heteroatoms. The first-order valence-electron chi connectivity index (χ1n) is 7.14. The van der Waals surface area contributed by atoms with Crippen LogP contribution in [0, 0.1) is 13.8 Å². The van der Waals surface area contributed by atoms with Gasteiger partial charge in [-0.3, -0.25) is 0 Å². The van der Waals surface area contributed by atoms with Crippen LogP contribution >= 0.6 is 0 Å². The molecule has 2 unspecified atom stereocenters. The number of rotatable bonds is 4. The zero-order valence-corrected chi connectivity index (χ0v) is 12.2. The van der Waals surface area contributed by atoms with E-state index in [2.05, 4.69) is 26.0 Å². The number of hydrogen-bond donors (Lipinski definition) is 1. The monoisotopic (exact) mass is 263 g/mol. The lowest BCUT2D eigenvalue weighted by molar-refractivity contribution is 0.00719. The summed E-state index contributed by atoms with van der Waals surface area (Å²) in [5, 5.41) is 0. The smallest absolute Gasteiger partial charge is 0.126 e. The van der Waals surface area contributed by atoms with Gasteiger partial charge in [0.1, 0.15) is 5.75 Å². The zero-order valence-electron chi connectivity index (χ0n) is 12.2. The maximum atomic E-state index is 6.36. The highest BCUT2D eigenvalue weighted by Crippen LogP contribution is 2.33. The van der Waals surface area contributed by atoms with Gasteiger partial charge in [-0.15, -0.1) is 0 Å². The van der Waals surface area contributed by atoms with E-state index in [9.17, 15) is 0 Å². The minimum atomic E-state index is -0.0163. The van der Waals surface area contributed by atoms with Crippen LogP contribution in [0.4, 0.5) is 0 Å². The molecule has 2 N–H and O–H groups in total. The van der Waals surface area contributed by atoms with Gasteiger partial charge in [0, 0.05) is 18.2 Å². The quantitative estimate of drug-likeness (QED) is 0.906. The molecular weight excluding hydrogens is 238 g/mol. The fourth-order valence-electron chi connectivity index (χ4n) is 2.78. The van der Waals surface area contributed by atoms with Crippen molar-refractivity contribution in [2.45, 2.75) is 51.7 Å². The molecule has 0 aromatic heterocycles. The summed E-state index contributed by atoms with van der Waals surface area (Å²) in [7, 11) is 1.72. The van der Waals surface area contributed by atoms with E-state index in [1.807, 2.05) is 0 Å². The van der Waals surface area contributed by atoms with Crippen LogP contribution in [0.2, 0.25) is 0 Å². The number of ether oxygens (including phenoxy) is 2. The van der Waals surface area contributed by atoms with Crippen molar-refractivity contribution in [3.05, 3.63) is 28.8 Å². The van der Waals surface area contributed by atoms with Crippen molar-refractivity contribution >= 4 is 0 Å². The van der Waals surface area contributed by atoms with Crippen molar-refractivity contribution < 1.29 is 9.47 Å². The molecule has 1 saturated heterocycles. The fourth-order valence-corrected chi connectivity index (χ4v) is 2.78. The first-order valence-corrected chi connectivity index (χ1v) is 7.14. The molecule has 0 bridgehead atoms. The van der Waals surface area contributed by atoms with Gasteiger partial charge in [-0.2, -0.15) is 0 Å². The Morgan fingerprint density at radius 1 is 1.37 bits per heavy atom. The summed E-state index contributed by atoms with van der Waals surface area (Å²) < 4.78 is 11.3. The third kappa shape index (κ3) is 3.28.